The first-order valence-electron chi connectivity index (χ1n) is 17.4. The van der Waals surface area contributed by atoms with Crippen LogP contribution >= 0.6 is 0 Å². The van der Waals surface area contributed by atoms with E-state index in [9.17, 15) is 0 Å². The van der Waals surface area contributed by atoms with Gasteiger partial charge in [0, 0.05) is 50.9 Å². The number of benzene rings is 7. The molecule has 0 fully saturated rings. The highest BCUT2D eigenvalue weighted by molar-refractivity contribution is 6.11. The molecule has 51 heavy (non-hydrogen) atoms. The summed E-state index contributed by atoms with van der Waals surface area (Å²) in [7, 11) is 0. The molecule has 0 radical (unpaired) electrons. The van der Waals surface area contributed by atoms with Crippen molar-refractivity contribution >= 4 is 61.8 Å². The van der Waals surface area contributed by atoms with Crippen LogP contribution in [-0.2, 0) is 0 Å². The molecular formula is C47H33N3O. The first-order chi connectivity index (χ1) is 25.3. The Labute approximate surface area is 296 Å². The van der Waals surface area contributed by atoms with E-state index in [2.05, 4.69) is 191 Å². The van der Waals surface area contributed by atoms with Gasteiger partial charge in [-0.15, -0.1) is 0 Å². The van der Waals surface area contributed by atoms with Gasteiger partial charge in [0.05, 0.1) is 16.7 Å². The van der Waals surface area contributed by atoms with Crippen LogP contribution in [0.4, 0.5) is 22.9 Å². The van der Waals surface area contributed by atoms with Gasteiger partial charge in [0.25, 0.3) is 0 Å². The summed E-state index contributed by atoms with van der Waals surface area (Å²) in [4.78, 5) is 2.40. The molecule has 1 aliphatic rings. The van der Waals surface area contributed by atoms with Crippen molar-refractivity contribution in [3.63, 3.8) is 0 Å². The molecule has 2 aromatic heterocycles. The molecule has 7 aromatic carbocycles. The molecule has 0 unspecified atom stereocenters. The molecule has 1 N–H and O–H groups in total. The van der Waals surface area contributed by atoms with Crippen LogP contribution in [0.2, 0.25) is 0 Å². The van der Waals surface area contributed by atoms with Crippen molar-refractivity contribution < 1.29 is 4.42 Å². The van der Waals surface area contributed by atoms with Gasteiger partial charge in [-0.2, -0.15) is 0 Å². The summed E-state index contributed by atoms with van der Waals surface area (Å²) in [5, 5.41) is 6.96. The van der Waals surface area contributed by atoms with Gasteiger partial charge in [0.2, 0.25) is 5.88 Å². The van der Waals surface area contributed by atoms with Crippen LogP contribution in [-0.4, -0.2) is 11.1 Å². The zero-order valence-electron chi connectivity index (χ0n) is 27.8. The molecular weight excluding hydrogens is 623 g/mol. The molecule has 0 bridgehead atoms. The van der Waals surface area contributed by atoms with Gasteiger partial charge < -0.3 is 19.2 Å². The second kappa shape index (κ2) is 12.0. The van der Waals surface area contributed by atoms with Gasteiger partial charge in [-0.05, 0) is 77.4 Å². The predicted octanol–water partition coefficient (Wildman–Crippen LogP) is 12.8. The highest BCUT2D eigenvalue weighted by atomic mass is 16.3. The lowest BCUT2D eigenvalue weighted by Crippen LogP contribution is -2.11. The lowest BCUT2D eigenvalue weighted by molar-refractivity contribution is 0.628. The average molecular weight is 656 g/mol. The number of hydrogen-bond donors (Lipinski definition) is 1. The van der Waals surface area contributed by atoms with Gasteiger partial charge in [-0.1, -0.05) is 121 Å². The zero-order chi connectivity index (χ0) is 33.7. The third-order valence-corrected chi connectivity index (χ3v) is 10.0. The fourth-order valence-electron chi connectivity index (χ4n) is 7.73. The Morgan fingerprint density at radius 3 is 2.10 bits per heavy atom. The quantitative estimate of drug-likeness (QED) is 0.194. The van der Waals surface area contributed by atoms with Crippen molar-refractivity contribution in [2.45, 2.75) is 0 Å². The number of anilines is 4. The Hall–Kier alpha value is -6.78. The van der Waals surface area contributed by atoms with Gasteiger partial charge in [0.15, 0.2) is 0 Å². The van der Waals surface area contributed by atoms with Crippen LogP contribution in [0, 0.1) is 0 Å². The predicted molar refractivity (Wildman–Crippen MR) is 214 cm³/mol. The maximum absolute atomic E-state index is 6.21. The summed E-state index contributed by atoms with van der Waals surface area (Å²) >= 11 is 0. The Kier molecular flexibility index (Phi) is 6.85. The highest BCUT2D eigenvalue weighted by Gasteiger charge is 2.21. The number of aromatic nitrogens is 1. The summed E-state index contributed by atoms with van der Waals surface area (Å²) in [6.45, 7) is 0.774. The molecule has 0 saturated carbocycles. The van der Waals surface area contributed by atoms with Gasteiger partial charge in [0.1, 0.15) is 5.58 Å². The SMILES string of the molecule is C1=Cc2c(oc3cccc(-c4ccc(N(c5ccc6c(c5)c5ccccc5n6-c5ccccc5)c5ccccc5-c5ccccc5)cc4)c23)NC1. The minimum atomic E-state index is 0.774. The maximum atomic E-state index is 6.21. The number of rotatable bonds is 6. The standard InChI is InChI=1S/C47H33N3O/c1-3-13-32(14-4-1)37-17-7-9-21-42(37)49(35-26-24-33(25-27-35)38-19-11-23-45-46(38)40-20-12-30-48-47(40)51-45)36-28-29-44-41(31-36)39-18-8-10-22-43(39)50(44)34-15-5-2-6-16-34/h1-29,31,48H,30H2. The summed E-state index contributed by atoms with van der Waals surface area (Å²) in [5.41, 5.74) is 13.5. The molecule has 0 saturated heterocycles. The first kappa shape index (κ1) is 29.2. The van der Waals surface area contributed by atoms with Gasteiger partial charge in [-0.3, -0.25) is 0 Å². The Bertz CT molecular complexity index is 2740. The van der Waals surface area contributed by atoms with Crippen LogP contribution in [0.3, 0.4) is 0 Å². The van der Waals surface area contributed by atoms with Crippen molar-refractivity contribution in [1.82, 2.24) is 4.57 Å². The number of para-hydroxylation sites is 3. The molecule has 9 aromatic rings. The van der Waals surface area contributed by atoms with E-state index in [4.69, 9.17) is 4.42 Å². The lowest BCUT2D eigenvalue weighted by atomic mass is 9.97. The summed E-state index contributed by atoms with van der Waals surface area (Å²) < 4.78 is 8.58. The topological polar surface area (TPSA) is 33.3 Å². The smallest absolute Gasteiger partial charge is 0.201 e. The monoisotopic (exact) mass is 655 g/mol. The zero-order valence-corrected chi connectivity index (χ0v) is 27.8. The summed E-state index contributed by atoms with van der Waals surface area (Å²) in [6.07, 6.45) is 4.32. The fraction of sp³-hybridized carbons (Fsp3) is 0.0213. The van der Waals surface area contributed by atoms with Gasteiger partial charge in [-0.25, -0.2) is 0 Å². The summed E-state index contributed by atoms with van der Waals surface area (Å²) in [5.74, 6) is 0.837. The van der Waals surface area contributed by atoms with E-state index in [1.807, 2.05) is 6.07 Å². The van der Waals surface area contributed by atoms with E-state index in [1.165, 1.54) is 32.9 Å². The largest absolute Gasteiger partial charge is 0.440 e. The van der Waals surface area contributed by atoms with E-state index < -0.39 is 0 Å². The first-order valence-corrected chi connectivity index (χ1v) is 17.4. The van der Waals surface area contributed by atoms with Crippen LogP contribution in [0.5, 0.6) is 0 Å². The highest BCUT2D eigenvalue weighted by Crippen LogP contribution is 2.45. The molecule has 10 rings (SSSR count). The minimum Gasteiger partial charge on any atom is -0.440 e. The van der Waals surface area contributed by atoms with Crippen LogP contribution in [0.15, 0.2) is 180 Å². The maximum Gasteiger partial charge on any atom is 0.201 e. The molecule has 4 nitrogen and oxygen atoms in total. The van der Waals surface area contributed by atoms with E-state index >= 15 is 0 Å². The van der Waals surface area contributed by atoms with Crippen LogP contribution in [0.1, 0.15) is 5.56 Å². The third-order valence-electron chi connectivity index (χ3n) is 10.0. The second-order valence-corrected chi connectivity index (χ2v) is 13.0. The lowest BCUT2D eigenvalue weighted by Gasteiger charge is -2.28. The van der Waals surface area contributed by atoms with Crippen molar-refractivity contribution in [1.29, 1.82) is 0 Å². The average Bonchev–Trinajstić information content (AvgIpc) is 3.75. The Morgan fingerprint density at radius 2 is 1.24 bits per heavy atom. The van der Waals surface area contributed by atoms with E-state index in [1.54, 1.807) is 0 Å². The summed E-state index contributed by atoms with van der Waals surface area (Å²) in [6, 6.07) is 60.9. The van der Waals surface area contributed by atoms with Crippen LogP contribution < -0.4 is 10.2 Å². The van der Waals surface area contributed by atoms with Crippen molar-refractivity contribution in [2.75, 3.05) is 16.8 Å². The van der Waals surface area contributed by atoms with Crippen molar-refractivity contribution in [3.05, 3.63) is 181 Å². The van der Waals surface area contributed by atoms with Crippen molar-refractivity contribution in [3.8, 4) is 27.9 Å². The third kappa shape index (κ3) is 4.84. The number of nitrogens with one attached hydrogen (secondary N) is 1. The van der Waals surface area contributed by atoms with E-state index in [0.717, 1.165) is 62.8 Å². The number of furan rings is 1. The fourth-order valence-corrected chi connectivity index (χ4v) is 7.73. The Morgan fingerprint density at radius 1 is 0.549 bits per heavy atom. The van der Waals surface area contributed by atoms with Gasteiger partial charge >= 0.3 is 0 Å². The number of hydrogen-bond acceptors (Lipinski definition) is 3. The molecule has 3 heterocycles. The normalized spacial score (nSPS) is 12.3. The van der Waals surface area contributed by atoms with Crippen molar-refractivity contribution in [2.24, 2.45) is 0 Å². The van der Waals surface area contributed by atoms with E-state index in [0.29, 0.717) is 0 Å². The van der Waals surface area contributed by atoms with Crippen LogP contribution in [0.25, 0.3) is 66.8 Å². The Balaban J connectivity index is 1.17. The molecule has 0 aliphatic carbocycles. The minimum absolute atomic E-state index is 0.774. The molecule has 1 aliphatic heterocycles. The van der Waals surface area contributed by atoms with E-state index in [-0.39, 0.29) is 0 Å². The number of fused-ring (bicyclic) bond motifs is 6. The molecule has 0 amide bonds. The number of nitrogens with zero attached hydrogens (tertiary/aromatic N) is 2. The molecule has 242 valence electrons. The molecule has 0 atom stereocenters. The second-order valence-electron chi connectivity index (χ2n) is 13.0. The molecule has 4 heteroatoms. The molecule has 0 spiro atoms.